The first-order chi connectivity index (χ1) is 7.63. The van der Waals surface area contributed by atoms with Gasteiger partial charge >= 0.3 is 0 Å². The minimum absolute atomic E-state index is 0.504. The number of aromatic nitrogens is 2. The Labute approximate surface area is 96.9 Å². The Morgan fingerprint density at radius 1 is 1.38 bits per heavy atom. The van der Waals surface area contributed by atoms with Crippen LogP contribution in [0.5, 0.6) is 0 Å². The number of nitrogens with zero attached hydrogens (tertiary/aromatic N) is 4. The van der Waals surface area contributed by atoms with Gasteiger partial charge in [-0.25, -0.2) is 9.97 Å². The van der Waals surface area contributed by atoms with Crippen molar-refractivity contribution in [2.45, 2.75) is 27.2 Å². The van der Waals surface area contributed by atoms with Crippen molar-refractivity contribution in [3.8, 4) is 6.07 Å². The van der Waals surface area contributed by atoms with Gasteiger partial charge in [-0.1, -0.05) is 13.8 Å². The quantitative estimate of drug-likeness (QED) is 0.760. The normalized spacial score (nSPS) is 10.2. The molecule has 0 aliphatic heterocycles. The van der Waals surface area contributed by atoms with Gasteiger partial charge in [-0.2, -0.15) is 5.26 Å². The van der Waals surface area contributed by atoms with Gasteiger partial charge in [0.1, 0.15) is 0 Å². The lowest BCUT2D eigenvalue weighted by Gasteiger charge is -2.23. The van der Waals surface area contributed by atoms with E-state index in [0.717, 1.165) is 18.1 Å². The number of nitriles is 1. The molecule has 16 heavy (non-hydrogen) atoms. The van der Waals surface area contributed by atoms with Crippen molar-refractivity contribution in [1.82, 2.24) is 9.97 Å². The summed E-state index contributed by atoms with van der Waals surface area (Å²) in [5.41, 5.74) is 1.05. The van der Waals surface area contributed by atoms with Crippen molar-refractivity contribution in [3.05, 3.63) is 18.0 Å². The van der Waals surface area contributed by atoms with Crippen LogP contribution in [0.2, 0.25) is 0 Å². The maximum atomic E-state index is 8.62. The molecule has 4 heteroatoms. The number of anilines is 1. The van der Waals surface area contributed by atoms with E-state index < -0.39 is 0 Å². The van der Waals surface area contributed by atoms with E-state index >= 15 is 0 Å². The van der Waals surface area contributed by atoms with E-state index in [4.69, 9.17) is 5.26 Å². The molecule has 1 aromatic rings. The minimum atomic E-state index is 0.504. The highest BCUT2D eigenvalue weighted by Gasteiger charge is 2.10. The van der Waals surface area contributed by atoms with Crippen LogP contribution >= 0.6 is 0 Å². The third kappa shape index (κ3) is 3.85. The van der Waals surface area contributed by atoms with E-state index in [2.05, 4.69) is 34.8 Å². The average molecular weight is 218 g/mol. The van der Waals surface area contributed by atoms with Gasteiger partial charge in [-0.05, 0) is 18.4 Å². The van der Waals surface area contributed by atoms with Crippen LogP contribution in [0.1, 0.15) is 25.8 Å². The molecule has 1 rings (SSSR count). The van der Waals surface area contributed by atoms with Gasteiger partial charge in [0.05, 0.1) is 12.5 Å². The summed E-state index contributed by atoms with van der Waals surface area (Å²) in [6.07, 6.45) is 4.12. The Morgan fingerprint density at radius 3 is 2.50 bits per heavy atom. The van der Waals surface area contributed by atoms with Gasteiger partial charge in [0.25, 0.3) is 0 Å². The van der Waals surface area contributed by atoms with E-state index in [9.17, 15) is 0 Å². The number of aryl methyl sites for hydroxylation is 1. The molecule has 0 bridgehead atoms. The fourth-order valence-electron chi connectivity index (χ4n) is 1.45. The third-order valence-corrected chi connectivity index (χ3v) is 2.13. The highest BCUT2D eigenvalue weighted by Crippen LogP contribution is 2.10. The van der Waals surface area contributed by atoms with Crippen molar-refractivity contribution in [1.29, 1.82) is 5.26 Å². The Balaban J connectivity index is 2.75. The van der Waals surface area contributed by atoms with Crippen LogP contribution in [-0.4, -0.2) is 23.1 Å². The summed E-state index contributed by atoms with van der Waals surface area (Å²) in [6, 6.07) is 2.16. The van der Waals surface area contributed by atoms with Crippen LogP contribution in [0.25, 0.3) is 0 Å². The zero-order valence-electron chi connectivity index (χ0n) is 10.1. The van der Waals surface area contributed by atoms with Crippen LogP contribution in [0.3, 0.4) is 0 Å². The van der Waals surface area contributed by atoms with Crippen LogP contribution in [0.15, 0.2) is 12.4 Å². The Bertz CT molecular complexity index is 350. The second-order valence-electron chi connectivity index (χ2n) is 4.31. The third-order valence-electron chi connectivity index (χ3n) is 2.13. The highest BCUT2D eigenvalue weighted by molar-refractivity contribution is 5.29. The Kier molecular flexibility index (Phi) is 4.71. The fraction of sp³-hybridized carbons (Fsp3) is 0.583. The molecule has 0 aromatic carbocycles. The summed E-state index contributed by atoms with van der Waals surface area (Å²) >= 11 is 0. The first-order valence-corrected chi connectivity index (χ1v) is 5.54. The molecule has 1 heterocycles. The van der Waals surface area contributed by atoms with Gasteiger partial charge in [-0.15, -0.1) is 0 Å². The fourth-order valence-corrected chi connectivity index (χ4v) is 1.45. The van der Waals surface area contributed by atoms with Crippen molar-refractivity contribution in [2.24, 2.45) is 5.92 Å². The van der Waals surface area contributed by atoms with E-state index in [1.807, 2.05) is 19.3 Å². The number of rotatable bonds is 5. The summed E-state index contributed by atoms with van der Waals surface area (Å²) in [5, 5.41) is 8.62. The molecule has 0 unspecified atom stereocenters. The highest BCUT2D eigenvalue weighted by atomic mass is 15.2. The molecule has 0 atom stereocenters. The predicted molar refractivity (Wildman–Crippen MR) is 64.1 cm³/mol. The Hall–Kier alpha value is -1.63. The molecule has 0 saturated carbocycles. The number of hydrogen-bond donors (Lipinski definition) is 0. The predicted octanol–water partition coefficient (Wildman–Crippen LogP) is 2.16. The topological polar surface area (TPSA) is 52.8 Å². The molecule has 0 amide bonds. The zero-order valence-corrected chi connectivity index (χ0v) is 10.1. The van der Waals surface area contributed by atoms with Gasteiger partial charge in [0, 0.05) is 25.5 Å². The SMILES string of the molecule is Cc1cnc(N(CCC#N)CC(C)C)nc1. The molecule has 86 valence electrons. The van der Waals surface area contributed by atoms with Gasteiger partial charge < -0.3 is 4.90 Å². The molecular weight excluding hydrogens is 200 g/mol. The summed E-state index contributed by atoms with van der Waals surface area (Å²) in [7, 11) is 0. The minimum Gasteiger partial charge on any atom is -0.340 e. The molecule has 0 saturated heterocycles. The van der Waals surface area contributed by atoms with Gasteiger partial charge in [0.2, 0.25) is 5.95 Å². The number of hydrogen-bond acceptors (Lipinski definition) is 4. The van der Waals surface area contributed by atoms with Crippen molar-refractivity contribution >= 4 is 5.95 Å². The van der Waals surface area contributed by atoms with Gasteiger partial charge in [-0.3, -0.25) is 0 Å². The lowest BCUT2D eigenvalue weighted by Crippen LogP contribution is -2.30. The van der Waals surface area contributed by atoms with E-state index in [0.29, 0.717) is 18.9 Å². The first-order valence-electron chi connectivity index (χ1n) is 5.54. The summed E-state index contributed by atoms with van der Waals surface area (Å²) in [5.74, 6) is 1.25. The smallest absolute Gasteiger partial charge is 0.225 e. The van der Waals surface area contributed by atoms with E-state index in [1.54, 1.807) is 0 Å². The molecule has 0 spiro atoms. The lowest BCUT2D eigenvalue weighted by atomic mass is 10.2. The lowest BCUT2D eigenvalue weighted by molar-refractivity contribution is 0.602. The monoisotopic (exact) mass is 218 g/mol. The van der Waals surface area contributed by atoms with Crippen LogP contribution < -0.4 is 4.90 Å². The van der Waals surface area contributed by atoms with E-state index in [-0.39, 0.29) is 0 Å². The van der Waals surface area contributed by atoms with Crippen LogP contribution in [0.4, 0.5) is 5.95 Å². The van der Waals surface area contributed by atoms with Crippen molar-refractivity contribution < 1.29 is 0 Å². The molecule has 0 aliphatic rings. The van der Waals surface area contributed by atoms with Gasteiger partial charge in [0.15, 0.2) is 0 Å². The standard InChI is InChI=1S/C12H18N4/c1-10(2)9-16(6-4-5-13)12-14-7-11(3)8-15-12/h7-8,10H,4,6,9H2,1-3H3. The molecule has 0 aliphatic carbocycles. The average Bonchev–Trinajstić information content (AvgIpc) is 2.25. The van der Waals surface area contributed by atoms with Crippen molar-refractivity contribution in [3.63, 3.8) is 0 Å². The molecule has 4 nitrogen and oxygen atoms in total. The maximum absolute atomic E-state index is 8.62. The Morgan fingerprint density at radius 2 is 2.00 bits per heavy atom. The summed E-state index contributed by atoms with van der Waals surface area (Å²) in [6.45, 7) is 7.83. The van der Waals surface area contributed by atoms with Crippen LogP contribution in [-0.2, 0) is 0 Å². The molecule has 0 N–H and O–H groups in total. The molecule has 0 radical (unpaired) electrons. The summed E-state index contributed by atoms with van der Waals surface area (Å²) < 4.78 is 0. The maximum Gasteiger partial charge on any atom is 0.225 e. The second-order valence-corrected chi connectivity index (χ2v) is 4.31. The molecule has 0 fully saturated rings. The van der Waals surface area contributed by atoms with Crippen molar-refractivity contribution in [2.75, 3.05) is 18.0 Å². The summed E-state index contributed by atoms with van der Waals surface area (Å²) in [4.78, 5) is 10.6. The zero-order chi connectivity index (χ0) is 12.0. The van der Waals surface area contributed by atoms with E-state index in [1.165, 1.54) is 0 Å². The largest absolute Gasteiger partial charge is 0.340 e. The first kappa shape index (κ1) is 12.4. The van der Waals surface area contributed by atoms with Crippen LogP contribution in [0, 0.1) is 24.2 Å². The molecular formula is C12H18N4. The second kappa shape index (κ2) is 6.06. The molecule has 1 aromatic heterocycles.